The highest BCUT2D eigenvalue weighted by Gasteiger charge is 2.39. The first-order valence-electron chi connectivity index (χ1n) is 4.91. The van der Waals surface area contributed by atoms with Crippen LogP contribution in [0.3, 0.4) is 0 Å². The molecule has 0 aromatic carbocycles. The molecule has 0 radical (unpaired) electrons. The van der Waals surface area contributed by atoms with Crippen LogP contribution in [0.4, 0.5) is 0 Å². The molecule has 7 heteroatoms. The smallest absolute Gasteiger partial charge is 0.322 e. The third kappa shape index (κ3) is 1.72. The largest absolute Gasteiger partial charge is 0.480 e. The monoisotopic (exact) mass is 244 g/mol. The number of nitrogens with zero attached hydrogens (tertiary/aromatic N) is 1. The quantitative estimate of drug-likeness (QED) is 0.797. The Morgan fingerprint density at radius 2 is 2.31 bits per heavy atom. The number of carboxylic acids is 1. The Balaban J connectivity index is 2.34. The van der Waals surface area contributed by atoms with E-state index in [1.807, 2.05) is 0 Å². The normalized spacial score (nSPS) is 22.4. The molecular formula is C9H12N2O4S. The molecule has 1 aromatic heterocycles. The van der Waals surface area contributed by atoms with Crippen LogP contribution >= 0.6 is 0 Å². The van der Waals surface area contributed by atoms with Gasteiger partial charge >= 0.3 is 5.97 Å². The fourth-order valence-electron chi connectivity index (χ4n) is 1.88. The molecule has 16 heavy (non-hydrogen) atoms. The van der Waals surface area contributed by atoms with Gasteiger partial charge in [-0.15, -0.1) is 0 Å². The molecule has 1 aromatic rings. The third-order valence-electron chi connectivity index (χ3n) is 2.66. The maximum atomic E-state index is 12.1. The number of rotatable bonds is 3. The van der Waals surface area contributed by atoms with E-state index < -0.39 is 22.0 Å². The predicted molar refractivity (Wildman–Crippen MR) is 55.3 cm³/mol. The van der Waals surface area contributed by atoms with Crippen LogP contribution in [0.1, 0.15) is 12.8 Å². The minimum Gasteiger partial charge on any atom is -0.480 e. The van der Waals surface area contributed by atoms with E-state index in [1.165, 1.54) is 18.5 Å². The van der Waals surface area contributed by atoms with Crippen LogP contribution in [0.15, 0.2) is 23.4 Å². The number of hydrogen-bond donors (Lipinski definition) is 2. The van der Waals surface area contributed by atoms with E-state index in [0.717, 1.165) is 4.31 Å². The number of hydrogen-bond acceptors (Lipinski definition) is 3. The molecule has 1 fully saturated rings. The first-order chi connectivity index (χ1) is 7.53. The minimum absolute atomic E-state index is 0.112. The molecular weight excluding hydrogens is 232 g/mol. The number of carboxylic acid groups (broad SMARTS) is 1. The topological polar surface area (TPSA) is 90.5 Å². The molecule has 0 amide bonds. The van der Waals surface area contributed by atoms with Gasteiger partial charge in [0, 0.05) is 18.9 Å². The molecule has 2 heterocycles. The fraction of sp³-hybridized carbons (Fsp3) is 0.444. The van der Waals surface area contributed by atoms with Crippen molar-refractivity contribution < 1.29 is 18.3 Å². The van der Waals surface area contributed by atoms with Gasteiger partial charge in [-0.2, -0.15) is 4.31 Å². The second-order valence-corrected chi connectivity index (χ2v) is 5.55. The van der Waals surface area contributed by atoms with E-state index in [0.29, 0.717) is 12.8 Å². The van der Waals surface area contributed by atoms with Crippen molar-refractivity contribution in [2.24, 2.45) is 0 Å². The molecule has 88 valence electrons. The maximum absolute atomic E-state index is 12.1. The highest BCUT2D eigenvalue weighted by Crippen LogP contribution is 2.25. The van der Waals surface area contributed by atoms with E-state index in [2.05, 4.69) is 4.98 Å². The van der Waals surface area contributed by atoms with Crippen molar-refractivity contribution in [3.63, 3.8) is 0 Å². The van der Waals surface area contributed by atoms with Gasteiger partial charge in [0.25, 0.3) is 0 Å². The number of H-pyrrole nitrogens is 1. The van der Waals surface area contributed by atoms with Gasteiger partial charge in [-0.05, 0) is 18.9 Å². The lowest BCUT2D eigenvalue weighted by molar-refractivity contribution is -0.140. The summed E-state index contributed by atoms with van der Waals surface area (Å²) in [7, 11) is -3.67. The average molecular weight is 244 g/mol. The van der Waals surface area contributed by atoms with Gasteiger partial charge in [0.1, 0.15) is 6.04 Å². The lowest BCUT2D eigenvalue weighted by Gasteiger charge is -2.19. The summed E-state index contributed by atoms with van der Waals surface area (Å²) in [6, 6.07) is 0.493. The first kappa shape index (κ1) is 11.2. The number of sulfonamides is 1. The molecule has 1 atom stereocenters. The van der Waals surface area contributed by atoms with Crippen LogP contribution in [-0.2, 0) is 14.8 Å². The molecule has 1 aliphatic heterocycles. The zero-order valence-corrected chi connectivity index (χ0v) is 9.27. The highest BCUT2D eigenvalue weighted by molar-refractivity contribution is 7.89. The van der Waals surface area contributed by atoms with Crippen molar-refractivity contribution in [2.75, 3.05) is 6.54 Å². The summed E-state index contributed by atoms with van der Waals surface area (Å²) in [5, 5.41) is 8.93. The Hall–Kier alpha value is -1.34. The van der Waals surface area contributed by atoms with Crippen LogP contribution in [0, 0.1) is 0 Å². The summed E-state index contributed by atoms with van der Waals surface area (Å²) in [6.45, 7) is 0.268. The number of nitrogens with one attached hydrogen (secondary N) is 1. The molecule has 2 rings (SSSR count). The highest BCUT2D eigenvalue weighted by atomic mass is 32.2. The molecule has 0 aliphatic carbocycles. The molecule has 2 N–H and O–H groups in total. The Bertz CT molecular complexity index is 480. The second-order valence-electron chi connectivity index (χ2n) is 3.66. The van der Waals surface area contributed by atoms with Gasteiger partial charge in [-0.1, -0.05) is 0 Å². The summed E-state index contributed by atoms with van der Waals surface area (Å²) in [5.74, 6) is -1.09. The van der Waals surface area contributed by atoms with Crippen molar-refractivity contribution >= 4 is 16.0 Å². The first-order valence-corrected chi connectivity index (χ1v) is 6.35. The van der Waals surface area contributed by atoms with Gasteiger partial charge in [0.05, 0.1) is 4.90 Å². The van der Waals surface area contributed by atoms with Crippen molar-refractivity contribution in [1.82, 2.24) is 9.29 Å². The van der Waals surface area contributed by atoms with E-state index in [9.17, 15) is 13.2 Å². The van der Waals surface area contributed by atoms with E-state index in [1.54, 1.807) is 0 Å². The summed E-state index contributed by atoms with van der Waals surface area (Å²) in [6.07, 6.45) is 3.81. The van der Waals surface area contributed by atoms with E-state index in [-0.39, 0.29) is 11.4 Å². The fourth-order valence-corrected chi connectivity index (χ4v) is 3.51. The molecule has 0 bridgehead atoms. The Kier molecular flexibility index (Phi) is 2.73. The van der Waals surface area contributed by atoms with Crippen molar-refractivity contribution in [3.8, 4) is 0 Å². The van der Waals surface area contributed by atoms with Crippen molar-refractivity contribution in [1.29, 1.82) is 0 Å². The Morgan fingerprint density at radius 3 is 2.88 bits per heavy atom. The molecule has 1 aliphatic rings. The molecule has 0 unspecified atom stereocenters. The number of aromatic nitrogens is 1. The summed E-state index contributed by atoms with van der Waals surface area (Å²) >= 11 is 0. The molecule has 0 saturated carbocycles. The van der Waals surface area contributed by atoms with Gasteiger partial charge in [-0.25, -0.2) is 8.42 Å². The molecule has 1 saturated heterocycles. The number of carbonyl (C=O) groups is 1. The maximum Gasteiger partial charge on any atom is 0.322 e. The van der Waals surface area contributed by atoms with E-state index >= 15 is 0 Å². The summed E-state index contributed by atoms with van der Waals surface area (Å²) < 4.78 is 25.2. The van der Waals surface area contributed by atoms with Crippen molar-refractivity contribution in [2.45, 2.75) is 23.8 Å². The SMILES string of the molecule is O=C(O)[C@H]1CCCN1S(=O)(=O)c1cc[nH]c1. The van der Waals surface area contributed by atoms with Crippen molar-refractivity contribution in [3.05, 3.63) is 18.5 Å². The number of aliphatic carboxylic acids is 1. The van der Waals surface area contributed by atoms with Gasteiger partial charge < -0.3 is 10.1 Å². The second kappa shape index (κ2) is 3.91. The van der Waals surface area contributed by atoms with Crippen LogP contribution < -0.4 is 0 Å². The van der Waals surface area contributed by atoms with Gasteiger partial charge in [0.15, 0.2) is 0 Å². The summed E-state index contributed by atoms with van der Waals surface area (Å²) in [4.78, 5) is 13.7. The predicted octanol–water partition coefficient (Wildman–Crippen LogP) is 0.252. The third-order valence-corrected chi connectivity index (χ3v) is 4.57. The lowest BCUT2D eigenvalue weighted by Crippen LogP contribution is -2.40. The van der Waals surface area contributed by atoms with Gasteiger partial charge in [0.2, 0.25) is 10.0 Å². The zero-order chi connectivity index (χ0) is 11.8. The van der Waals surface area contributed by atoms with E-state index in [4.69, 9.17) is 5.11 Å². The van der Waals surface area contributed by atoms with Crippen LogP contribution in [0.2, 0.25) is 0 Å². The number of aromatic amines is 1. The van der Waals surface area contributed by atoms with Gasteiger partial charge in [-0.3, -0.25) is 4.79 Å². The Labute approximate surface area is 92.9 Å². The van der Waals surface area contributed by atoms with Crippen LogP contribution in [-0.4, -0.2) is 41.4 Å². The molecule has 6 nitrogen and oxygen atoms in total. The van der Waals surface area contributed by atoms with Crippen LogP contribution in [0.5, 0.6) is 0 Å². The average Bonchev–Trinajstić information content (AvgIpc) is 2.89. The lowest BCUT2D eigenvalue weighted by atomic mass is 10.2. The Morgan fingerprint density at radius 1 is 1.56 bits per heavy atom. The van der Waals surface area contributed by atoms with Crippen LogP contribution in [0.25, 0.3) is 0 Å². The zero-order valence-electron chi connectivity index (χ0n) is 8.46. The standard InChI is InChI=1S/C9H12N2O4S/c12-9(13)8-2-1-5-11(8)16(14,15)7-3-4-10-6-7/h3-4,6,8,10H,1-2,5H2,(H,12,13)/t8-/m1/s1. The summed E-state index contributed by atoms with van der Waals surface area (Å²) in [5.41, 5.74) is 0. The molecule has 0 spiro atoms. The minimum atomic E-state index is -3.67.